The highest BCUT2D eigenvalue weighted by atomic mass is 35.5. The second-order valence-electron chi connectivity index (χ2n) is 3.42. The Labute approximate surface area is 78.9 Å². The molecule has 3 nitrogen and oxygen atoms in total. The SMILES string of the molecule is CC(C)(C)Cl.CCC(N)C(=O)O. The Hall–Kier alpha value is -0.280. The maximum atomic E-state index is 9.81. The van der Waals surface area contributed by atoms with Gasteiger partial charge in [0.1, 0.15) is 6.04 Å². The van der Waals surface area contributed by atoms with Crippen LogP contribution in [0.3, 0.4) is 0 Å². The lowest BCUT2D eigenvalue weighted by molar-refractivity contribution is -0.138. The highest BCUT2D eigenvalue weighted by Gasteiger charge is 2.05. The number of carbonyl (C=O) groups is 1. The lowest BCUT2D eigenvalue weighted by Crippen LogP contribution is -2.28. The van der Waals surface area contributed by atoms with E-state index in [4.69, 9.17) is 22.4 Å². The van der Waals surface area contributed by atoms with Crippen LogP contribution in [0.1, 0.15) is 34.1 Å². The first-order valence-corrected chi connectivity index (χ1v) is 4.23. The lowest BCUT2D eigenvalue weighted by Gasteiger charge is -2.01. The van der Waals surface area contributed by atoms with Crippen LogP contribution in [0.4, 0.5) is 0 Å². The minimum absolute atomic E-state index is 0.0278. The summed E-state index contributed by atoms with van der Waals surface area (Å²) < 4.78 is 0. The van der Waals surface area contributed by atoms with Crippen LogP contribution in [0.5, 0.6) is 0 Å². The van der Waals surface area contributed by atoms with Crippen molar-refractivity contribution in [2.75, 3.05) is 0 Å². The summed E-state index contributed by atoms with van der Waals surface area (Å²) >= 11 is 5.53. The molecule has 0 aliphatic heterocycles. The van der Waals surface area contributed by atoms with Crippen LogP contribution >= 0.6 is 11.6 Å². The molecule has 4 heteroatoms. The van der Waals surface area contributed by atoms with Crippen LogP contribution in [0.15, 0.2) is 0 Å². The van der Waals surface area contributed by atoms with Gasteiger partial charge >= 0.3 is 5.97 Å². The number of alkyl halides is 1. The molecule has 0 fully saturated rings. The fourth-order valence-corrected chi connectivity index (χ4v) is 0.175. The molecule has 0 aliphatic rings. The van der Waals surface area contributed by atoms with Crippen LogP contribution in [0.25, 0.3) is 0 Å². The summed E-state index contributed by atoms with van der Waals surface area (Å²) in [7, 11) is 0. The molecule has 0 amide bonds. The van der Waals surface area contributed by atoms with E-state index in [1.54, 1.807) is 6.92 Å². The maximum Gasteiger partial charge on any atom is 0.320 e. The third kappa shape index (κ3) is 22.6. The first-order valence-electron chi connectivity index (χ1n) is 3.85. The van der Waals surface area contributed by atoms with Gasteiger partial charge in [-0.05, 0) is 27.2 Å². The highest BCUT2D eigenvalue weighted by Crippen LogP contribution is 2.07. The van der Waals surface area contributed by atoms with Gasteiger partial charge in [0.05, 0.1) is 0 Å². The molecule has 0 saturated heterocycles. The van der Waals surface area contributed by atoms with Gasteiger partial charge in [0.2, 0.25) is 0 Å². The van der Waals surface area contributed by atoms with E-state index in [2.05, 4.69) is 0 Å². The monoisotopic (exact) mass is 195 g/mol. The largest absolute Gasteiger partial charge is 0.480 e. The Kier molecular flexibility index (Phi) is 7.44. The first kappa shape index (κ1) is 14.3. The van der Waals surface area contributed by atoms with Crippen molar-refractivity contribution in [3.05, 3.63) is 0 Å². The van der Waals surface area contributed by atoms with Crippen molar-refractivity contribution in [3.63, 3.8) is 0 Å². The molecular weight excluding hydrogens is 178 g/mol. The van der Waals surface area contributed by atoms with Gasteiger partial charge < -0.3 is 10.8 Å². The summed E-state index contributed by atoms with van der Waals surface area (Å²) in [6, 6.07) is -0.681. The maximum absolute atomic E-state index is 9.81. The molecule has 0 bridgehead atoms. The smallest absolute Gasteiger partial charge is 0.320 e. The first-order chi connectivity index (χ1) is 5.18. The molecule has 0 aliphatic carbocycles. The van der Waals surface area contributed by atoms with Gasteiger partial charge in [-0.1, -0.05) is 6.92 Å². The average molecular weight is 196 g/mol. The Balaban J connectivity index is 0. The number of aliphatic carboxylic acids is 1. The van der Waals surface area contributed by atoms with Crippen LogP contribution in [-0.4, -0.2) is 22.0 Å². The second-order valence-corrected chi connectivity index (χ2v) is 4.55. The molecule has 0 spiro atoms. The Morgan fingerprint density at radius 1 is 1.58 bits per heavy atom. The van der Waals surface area contributed by atoms with Crippen molar-refractivity contribution >= 4 is 17.6 Å². The van der Waals surface area contributed by atoms with E-state index in [-0.39, 0.29) is 4.87 Å². The van der Waals surface area contributed by atoms with Gasteiger partial charge in [0, 0.05) is 4.87 Å². The molecule has 74 valence electrons. The van der Waals surface area contributed by atoms with Crippen molar-refractivity contribution in [2.45, 2.75) is 45.0 Å². The van der Waals surface area contributed by atoms with Crippen LogP contribution in [-0.2, 0) is 4.79 Å². The predicted molar refractivity (Wildman–Crippen MR) is 51.5 cm³/mol. The molecule has 12 heavy (non-hydrogen) atoms. The summed E-state index contributed by atoms with van der Waals surface area (Å²) in [6.07, 6.45) is 0.495. The van der Waals surface area contributed by atoms with E-state index in [0.717, 1.165) is 0 Å². The molecule has 0 rings (SSSR count). The average Bonchev–Trinajstić information content (AvgIpc) is 1.82. The zero-order valence-electron chi connectivity index (χ0n) is 8.10. The second kappa shape index (κ2) is 6.26. The predicted octanol–water partition coefficient (Wildman–Crippen LogP) is 1.83. The Bertz CT molecular complexity index is 126. The van der Waals surface area contributed by atoms with Crippen molar-refractivity contribution in [1.82, 2.24) is 0 Å². The molecule has 0 aromatic rings. The lowest BCUT2D eigenvalue weighted by atomic mass is 10.2. The zero-order chi connectivity index (χ0) is 10.4. The van der Waals surface area contributed by atoms with Crippen LogP contribution in [0, 0.1) is 0 Å². The van der Waals surface area contributed by atoms with Crippen molar-refractivity contribution in [3.8, 4) is 0 Å². The number of carboxylic acid groups (broad SMARTS) is 1. The van der Waals surface area contributed by atoms with E-state index in [1.165, 1.54) is 0 Å². The van der Waals surface area contributed by atoms with Crippen molar-refractivity contribution in [1.29, 1.82) is 0 Å². The number of hydrogen-bond donors (Lipinski definition) is 2. The summed E-state index contributed by atoms with van der Waals surface area (Å²) in [5.74, 6) is -0.928. The Morgan fingerprint density at radius 3 is 1.83 bits per heavy atom. The van der Waals surface area contributed by atoms with Gasteiger partial charge in [-0.25, -0.2) is 0 Å². The van der Waals surface area contributed by atoms with Gasteiger partial charge in [-0.2, -0.15) is 0 Å². The molecule has 0 radical (unpaired) electrons. The van der Waals surface area contributed by atoms with E-state index >= 15 is 0 Å². The van der Waals surface area contributed by atoms with E-state index in [1.807, 2.05) is 20.8 Å². The minimum atomic E-state index is -0.928. The summed E-state index contributed by atoms with van der Waals surface area (Å²) in [4.78, 5) is 9.78. The van der Waals surface area contributed by atoms with Gasteiger partial charge in [0.25, 0.3) is 0 Å². The van der Waals surface area contributed by atoms with Gasteiger partial charge in [0.15, 0.2) is 0 Å². The third-order valence-corrected chi connectivity index (χ3v) is 0.757. The summed E-state index contributed by atoms with van der Waals surface area (Å²) in [5.41, 5.74) is 5.02. The topological polar surface area (TPSA) is 63.3 Å². The van der Waals surface area contributed by atoms with E-state index < -0.39 is 12.0 Å². The molecule has 1 unspecified atom stereocenters. The van der Waals surface area contributed by atoms with Crippen LogP contribution in [0.2, 0.25) is 0 Å². The Morgan fingerprint density at radius 2 is 1.83 bits per heavy atom. The normalized spacial score (nSPS) is 12.8. The number of halogens is 1. The fourth-order valence-electron chi connectivity index (χ4n) is 0.175. The number of rotatable bonds is 2. The van der Waals surface area contributed by atoms with Crippen molar-refractivity contribution in [2.24, 2.45) is 5.73 Å². The van der Waals surface area contributed by atoms with E-state index in [0.29, 0.717) is 6.42 Å². The molecule has 3 N–H and O–H groups in total. The molecule has 0 heterocycles. The molecule has 0 saturated carbocycles. The van der Waals surface area contributed by atoms with Gasteiger partial charge in [-0.15, -0.1) is 11.6 Å². The number of nitrogens with two attached hydrogens (primary N) is 1. The zero-order valence-corrected chi connectivity index (χ0v) is 8.85. The number of carboxylic acids is 1. The van der Waals surface area contributed by atoms with Gasteiger partial charge in [-0.3, -0.25) is 4.79 Å². The molecule has 0 aromatic carbocycles. The summed E-state index contributed by atoms with van der Waals surface area (Å²) in [6.45, 7) is 7.59. The fraction of sp³-hybridized carbons (Fsp3) is 0.875. The van der Waals surface area contributed by atoms with Crippen LogP contribution < -0.4 is 5.73 Å². The third-order valence-electron chi connectivity index (χ3n) is 0.757. The highest BCUT2D eigenvalue weighted by molar-refractivity contribution is 6.23. The quantitative estimate of drug-likeness (QED) is 0.661. The molecule has 1 atom stereocenters. The number of hydrogen-bond acceptors (Lipinski definition) is 2. The van der Waals surface area contributed by atoms with Crippen molar-refractivity contribution < 1.29 is 9.90 Å². The summed E-state index contributed by atoms with van der Waals surface area (Å²) in [5, 5.41) is 8.06. The molecule has 0 aromatic heterocycles. The minimum Gasteiger partial charge on any atom is -0.480 e. The standard InChI is InChI=1S/C4H9Cl.C4H9NO2/c1-4(2,3)5;1-2-3(5)4(6)7/h1-3H3;3H,2,5H2,1H3,(H,6,7). The van der Waals surface area contributed by atoms with E-state index in [9.17, 15) is 4.79 Å². The molecular formula is C8H18ClNO2.